The molecule has 0 aliphatic heterocycles. The van der Waals surface area contributed by atoms with Crippen molar-refractivity contribution in [3.8, 4) is 11.1 Å². The van der Waals surface area contributed by atoms with Crippen LogP contribution in [-0.4, -0.2) is 6.26 Å². The molecule has 0 saturated carbocycles. The number of thioether (sulfide) groups is 1. The molecule has 2 aromatic carbocycles. The van der Waals surface area contributed by atoms with Gasteiger partial charge < -0.3 is 0 Å². The highest BCUT2D eigenvalue weighted by molar-refractivity contribution is 7.99. The van der Waals surface area contributed by atoms with Crippen LogP contribution >= 0.6 is 11.8 Å². The van der Waals surface area contributed by atoms with Gasteiger partial charge in [-0.25, -0.2) is 0 Å². The zero-order valence-corrected chi connectivity index (χ0v) is 13.6. The molecule has 0 saturated heterocycles. The van der Waals surface area contributed by atoms with Gasteiger partial charge in [0.05, 0.1) is 5.25 Å². The maximum Gasteiger partial charge on any atom is 0.0556 e. The number of allylic oxidation sites excluding steroid dienone is 1. The van der Waals surface area contributed by atoms with Crippen molar-refractivity contribution < 1.29 is 0 Å². The van der Waals surface area contributed by atoms with E-state index < -0.39 is 0 Å². The normalized spacial score (nSPS) is 16.0. The second-order valence-electron chi connectivity index (χ2n) is 5.44. The number of aryl methyl sites for hydroxylation is 1. The summed E-state index contributed by atoms with van der Waals surface area (Å²) in [6.45, 7) is 8.28. The van der Waals surface area contributed by atoms with E-state index in [0.717, 1.165) is 0 Å². The minimum atomic E-state index is 0.438. The molecule has 1 aliphatic carbocycles. The van der Waals surface area contributed by atoms with E-state index in [4.69, 9.17) is 0 Å². The quantitative estimate of drug-likeness (QED) is 0.658. The fourth-order valence-corrected chi connectivity index (χ4v) is 4.16. The highest BCUT2D eigenvalue weighted by atomic mass is 32.2. The summed E-state index contributed by atoms with van der Waals surface area (Å²) in [5.74, 6) is 0. The lowest BCUT2D eigenvalue weighted by atomic mass is 9.94. The third-order valence-corrected chi connectivity index (χ3v) is 5.12. The van der Waals surface area contributed by atoms with Crippen LogP contribution in [0.4, 0.5) is 0 Å². The topological polar surface area (TPSA) is 0 Å². The van der Waals surface area contributed by atoms with Crippen LogP contribution in [0.2, 0.25) is 0 Å². The Bertz CT molecular complexity index is 738. The second kappa shape index (κ2) is 5.57. The zero-order chi connectivity index (χ0) is 15.0. The smallest absolute Gasteiger partial charge is 0.0556 e. The van der Waals surface area contributed by atoms with Crippen LogP contribution in [0.1, 0.15) is 40.0 Å². The first kappa shape index (κ1) is 14.2. The minimum absolute atomic E-state index is 0.438. The van der Waals surface area contributed by atoms with Crippen LogP contribution in [0.5, 0.6) is 0 Å². The van der Waals surface area contributed by atoms with Gasteiger partial charge in [0, 0.05) is 0 Å². The predicted octanol–water partition coefficient (Wildman–Crippen LogP) is 6.10. The number of rotatable bonds is 3. The number of fused-ring (bicyclic) bond motifs is 3. The van der Waals surface area contributed by atoms with Crippen molar-refractivity contribution >= 4 is 23.9 Å². The molecule has 0 spiro atoms. The van der Waals surface area contributed by atoms with Crippen LogP contribution in [0, 0.1) is 6.92 Å². The molecule has 0 aromatic heterocycles. The summed E-state index contributed by atoms with van der Waals surface area (Å²) >= 11 is 1.91. The van der Waals surface area contributed by atoms with Gasteiger partial charge in [-0.3, -0.25) is 0 Å². The molecule has 0 nitrogen and oxygen atoms in total. The maximum atomic E-state index is 4.05. The number of benzene rings is 2. The largest absolute Gasteiger partial charge is 0.152 e. The molecule has 106 valence electrons. The summed E-state index contributed by atoms with van der Waals surface area (Å²) in [7, 11) is 0. The van der Waals surface area contributed by atoms with E-state index in [-0.39, 0.29) is 0 Å². The van der Waals surface area contributed by atoms with E-state index in [0.29, 0.717) is 5.25 Å². The van der Waals surface area contributed by atoms with Crippen molar-refractivity contribution in [2.75, 3.05) is 6.26 Å². The van der Waals surface area contributed by atoms with E-state index in [9.17, 15) is 0 Å². The molecule has 0 N–H and O–H groups in total. The molecule has 1 atom stereocenters. The highest BCUT2D eigenvalue weighted by Gasteiger charge is 2.30. The van der Waals surface area contributed by atoms with Gasteiger partial charge in [-0.15, -0.1) is 0 Å². The average Bonchev–Trinajstić information content (AvgIpc) is 2.80. The van der Waals surface area contributed by atoms with Crippen molar-refractivity contribution in [3.63, 3.8) is 0 Å². The molecule has 21 heavy (non-hydrogen) atoms. The van der Waals surface area contributed by atoms with Gasteiger partial charge in [-0.1, -0.05) is 60.7 Å². The van der Waals surface area contributed by atoms with Crippen molar-refractivity contribution in [1.29, 1.82) is 0 Å². The summed E-state index contributed by atoms with van der Waals surface area (Å²) in [5.41, 5.74) is 9.44. The van der Waals surface area contributed by atoms with Crippen LogP contribution in [0.15, 0.2) is 43.0 Å². The molecule has 1 aliphatic rings. The summed E-state index contributed by atoms with van der Waals surface area (Å²) in [6, 6.07) is 11.3. The summed E-state index contributed by atoms with van der Waals surface area (Å²) in [4.78, 5) is 0. The fourth-order valence-electron chi connectivity index (χ4n) is 3.26. The third kappa shape index (κ3) is 2.16. The third-order valence-electron chi connectivity index (χ3n) is 4.14. The standard InChI is InChI=1S/C20H20S/c1-5-7-14-9-11-17-19(15(14)6-2)16-10-8-13(3)12-18(16)20(17)21-4/h5-12,20H,2H2,1,3-4H3/b7-5-. The molecule has 2 aromatic rings. The van der Waals surface area contributed by atoms with Gasteiger partial charge in [0.15, 0.2) is 0 Å². The molecular weight excluding hydrogens is 272 g/mol. The summed E-state index contributed by atoms with van der Waals surface area (Å²) in [5, 5.41) is 0.438. The number of hydrogen-bond acceptors (Lipinski definition) is 1. The minimum Gasteiger partial charge on any atom is -0.152 e. The van der Waals surface area contributed by atoms with Crippen LogP contribution in [0.3, 0.4) is 0 Å². The molecule has 0 heterocycles. The Labute approximate surface area is 131 Å². The molecule has 1 heteroatoms. The maximum absolute atomic E-state index is 4.05. The van der Waals surface area contributed by atoms with Crippen molar-refractivity contribution in [2.24, 2.45) is 0 Å². The van der Waals surface area contributed by atoms with Crippen LogP contribution in [-0.2, 0) is 0 Å². The van der Waals surface area contributed by atoms with Gasteiger partial charge in [-0.2, -0.15) is 11.8 Å². The lowest BCUT2D eigenvalue weighted by Crippen LogP contribution is -1.92. The predicted molar refractivity (Wildman–Crippen MR) is 96.8 cm³/mol. The lowest BCUT2D eigenvalue weighted by molar-refractivity contribution is 1.21. The van der Waals surface area contributed by atoms with Gasteiger partial charge in [-0.05, 0) is 53.5 Å². The summed E-state index contributed by atoms with van der Waals surface area (Å²) < 4.78 is 0. The first-order valence-corrected chi connectivity index (χ1v) is 8.55. The Morgan fingerprint density at radius 3 is 2.62 bits per heavy atom. The Morgan fingerprint density at radius 2 is 1.95 bits per heavy atom. The molecule has 1 unspecified atom stereocenters. The van der Waals surface area contributed by atoms with Crippen molar-refractivity contribution in [1.82, 2.24) is 0 Å². The SMILES string of the molecule is C=Cc1c(/C=C\C)ccc2c1-c1ccc(C)cc1C2SC. The molecule has 3 rings (SSSR count). The molecular formula is C20H20S. The fraction of sp³-hybridized carbons (Fsp3) is 0.200. The average molecular weight is 292 g/mol. The van der Waals surface area contributed by atoms with Crippen molar-refractivity contribution in [3.05, 3.63) is 70.8 Å². The Balaban J connectivity index is 2.35. The highest BCUT2D eigenvalue weighted by Crippen LogP contribution is 2.51. The van der Waals surface area contributed by atoms with E-state index in [2.05, 4.69) is 69.2 Å². The van der Waals surface area contributed by atoms with Crippen LogP contribution < -0.4 is 0 Å². The Kier molecular flexibility index (Phi) is 3.77. The Hall–Kier alpha value is -1.73. The number of hydrogen-bond donors (Lipinski definition) is 0. The molecule has 0 bridgehead atoms. The van der Waals surface area contributed by atoms with Crippen LogP contribution in [0.25, 0.3) is 23.3 Å². The van der Waals surface area contributed by atoms with E-state index in [1.165, 1.54) is 38.9 Å². The zero-order valence-electron chi connectivity index (χ0n) is 12.8. The Morgan fingerprint density at radius 1 is 1.14 bits per heavy atom. The van der Waals surface area contributed by atoms with Gasteiger partial charge in [0.1, 0.15) is 0 Å². The lowest BCUT2D eigenvalue weighted by Gasteiger charge is -2.12. The monoisotopic (exact) mass is 292 g/mol. The van der Waals surface area contributed by atoms with Gasteiger partial charge >= 0.3 is 0 Å². The van der Waals surface area contributed by atoms with Crippen molar-refractivity contribution in [2.45, 2.75) is 19.1 Å². The van der Waals surface area contributed by atoms with Gasteiger partial charge in [0.2, 0.25) is 0 Å². The molecule has 0 radical (unpaired) electrons. The molecule has 0 amide bonds. The first-order chi connectivity index (χ1) is 10.2. The van der Waals surface area contributed by atoms with Gasteiger partial charge in [0.25, 0.3) is 0 Å². The van der Waals surface area contributed by atoms with E-state index >= 15 is 0 Å². The molecule has 0 fully saturated rings. The van der Waals surface area contributed by atoms with E-state index in [1.54, 1.807) is 0 Å². The first-order valence-electron chi connectivity index (χ1n) is 7.27. The second-order valence-corrected chi connectivity index (χ2v) is 6.39. The van der Waals surface area contributed by atoms with E-state index in [1.807, 2.05) is 17.8 Å². The summed E-state index contributed by atoms with van der Waals surface area (Å²) in [6.07, 6.45) is 8.45.